The van der Waals surface area contributed by atoms with Crippen molar-refractivity contribution in [1.29, 1.82) is 0 Å². The molecule has 4 rings (SSSR count). The molecule has 3 aromatic rings. The van der Waals surface area contributed by atoms with Crippen LogP contribution in [0.1, 0.15) is 25.6 Å². The maximum absolute atomic E-state index is 12.4. The molecule has 0 unspecified atom stereocenters. The van der Waals surface area contributed by atoms with E-state index in [0.29, 0.717) is 18.4 Å². The molecule has 1 saturated heterocycles. The monoisotopic (exact) mass is 363 g/mol. The van der Waals surface area contributed by atoms with Gasteiger partial charge in [0.15, 0.2) is 0 Å². The van der Waals surface area contributed by atoms with Crippen LogP contribution in [0.5, 0.6) is 0 Å². The van der Waals surface area contributed by atoms with Gasteiger partial charge in [0, 0.05) is 30.2 Å². The molecule has 27 heavy (non-hydrogen) atoms. The fourth-order valence-corrected chi connectivity index (χ4v) is 3.73. The van der Waals surface area contributed by atoms with Crippen LogP contribution in [-0.4, -0.2) is 44.5 Å². The lowest BCUT2D eigenvalue weighted by atomic mass is 10.1. The zero-order chi connectivity index (χ0) is 19.0. The van der Waals surface area contributed by atoms with E-state index in [0.717, 1.165) is 40.8 Å². The number of hydrogen-bond acceptors (Lipinski definition) is 4. The second kappa shape index (κ2) is 7.12. The topological polar surface area (TPSA) is 63.1 Å². The van der Waals surface area contributed by atoms with Gasteiger partial charge in [-0.2, -0.15) is 0 Å². The third kappa shape index (κ3) is 3.57. The van der Waals surface area contributed by atoms with Crippen molar-refractivity contribution in [3.63, 3.8) is 0 Å². The van der Waals surface area contributed by atoms with E-state index < -0.39 is 0 Å². The first-order valence-electron chi connectivity index (χ1n) is 9.43. The molecule has 1 aliphatic rings. The number of likely N-dealkylation sites (tertiary alicyclic amines) is 1. The lowest BCUT2D eigenvalue weighted by Gasteiger charge is -2.19. The molecule has 0 bridgehead atoms. The minimum Gasteiger partial charge on any atom is -0.331 e. The number of fused-ring (bicyclic) bond motifs is 1. The number of pyridine rings is 1. The van der Waals surface area contributed by atoms with Gasteiger partial charge >= 0.3 is 0 Å². The first kappa shape index (κ1) is 17.7. The average molecular weight is 363 g/mol. The van der Waals surface area contributed by atoms with E-state index in [4.69, 9.17) is 0 Å². The Bertz CT molecular complexity index is 993. The Kier molecular flexibility index (Phi) is 4.66. The number of aryl methyl sites for hydroxylation is 1. The smallest absolute Gasteiger partial charge is 0.239 e. The van der Waals surface area contributed by atoms with Crippen molar-refractivity contribution in [3.05, 3.63) is 42.5 Å². The molecule has 1 fully saturated rings. The molecule has 6 nitrogen and oxygen atoms in total. The van der Waals surface area contributed by atoms with Crippen molar-refractivity contribution in [2.45, 2.75) is 32.7 Å². The third-order valence-electron chi connectivity index (χ3n) is 5.54. The summed E-state index contributed by atoms with van der Waals surface area (Å²) in [5.41, 5.74) is 2.17. The van der Waals surface area contributed by atoms with Crippen molar-refractivity contribution < 1.29 is 4.79 Å². The van der Waals surface area contributed by atoms with E-state index in [9.17, 15) is 4.79 Å². The van der Waals surface area contributed by atoms with Gasteiger partial charge in [-0.15, -0.1) is 0 Å². The van der Waals surface area contributed by atoms with Crippen LogP contribution < -0.4 is 5.32 Å². The molecule has 1 N–H and O–H groups in total. The highest BCUT2D eigenvalue weighted by Gasteiger charge is 2.22. The summed E-state index contributed by atoms with van der Waals surface area (Å²) in [5.74, 6) is 1.57. The zero-order valence-electron chi connectivity index (χ0n) is 16.1. The molecule has 0 spiro atoms. The maximum Gasteiger partial charge on any atom is 0.239 e. The van der Waals surface area contributed by atoms with Crippen LogP contribution in [0.4, 0.5) is 5.82 Å². The number of nitrogens with zero attached hydrogens (tertiary/aromatic N) is 4. The lowest BCUT2D eigenvalue weighted by Crippen LogP contribution is -2.35. The Labute approximate surface area is 159 Å². The van der Waals surface area contributed by atoms with Gasteiger partial charge in [0.1, 0.15) is 11.6 Å². The highest BCUT2D eigenvalue weighted by Crippen LogP contribution is 2.26. The molecule has 6 heteroatoms. The van der Waals surface area contributed by atoms with E-state index >= 15 is 0 Å². The summed E-state index contributed by atoms with van der Waals surface area (Å²) in [6, 6.07) is 8.66. The zero-order valence-corrected chi connectivity index (χ0v) is 16.1. The number of aromatic nitrogens is 3. The van der Waals surface area contributed by atoms with Gasteiger partial charge in [-0.25, -0.2) is 9.97 Å². The Morgan fingerprint density at radius 2 is 2.07 bits per heavy atom. The standard InChI is InChI=1S/C21H25N5O/c1-14-5-4-8-26(14)13-21(27)24-20-10-18-9-16(6-7-17(18)11-23-20)19-12-22-15(2)25(19)3/h6-7,9-12,14H,4-5,8,13H2,1-3H3,(H,23,24,27)/t14-/m1/s1. The first-order chi connectivity index (χ1) is 13.0. The maximum atomic E-state index is 12.4. The van der Waals surface area contributed by atoms with Crippen molar-refractivity contribution in [1.82, 2.24) is 19.4 Å². The van der Waals surface area contributed by atoms with E-state index in [1.54, 1.807) is 0 Å². The van der Waals surface area contributed by atoms with E-state index in [-0.39, 0.29) is 5.91 Å². The summed E-state index contributed by atoms with van der Waals surface area (Å²) in [5, 5.41) is 5.04. The normalized spacial score (nSPS) is 17.5. The molecule has 0 aliphatic carbocycles. The van der Waals surface area contributed by atoms with Gasteiger partial charge in [-0.05, 0) is 50.8 Å². The Balaban J connectivity index is 1.55. The minimum atomic E-state index is -0.00554. The number of rotatable bonds is 4. The quantitative estimate of drug-likeness (QED) is 0.772. The van der Waals surface area contributed by atoms with E-state index in [2.05, 4.69) is 49.9 Å². The molecule has 1 atom stereocenters. The SMILES string of the molecule is Cc1ncc(-c2ccc3cnc(NC(=O)CN4CCC[C@H]4C)cc3c2)n1C. The van der Waals surface area contributed by atoms with Crippen LogP contribution in [0.15, 0.2) is 36.7 Å². The number of nitrogens with one attached hydrogen (secondary N) is 1. The number of benzene rings is 1. The average Bonchev–Trinajstić information content (AvgIpc) is 3.20. The summed E-state index contributed by atoms with van der Waals surface area (Å²) < 4.78 is 2.07. The van der Waals surface area contributed by atoms with Crippen molar-refractivity contribution in [3.8, 4) is 11.3 Å². The molecular weight excluding hydrogens is 338 g/mol. The van der Waals surface area contributed by atoms with Crippen LogP contribution in [0.2, 0.25) is 0 Å². The van der Waals surface area contributed by atoms with Gasteiger partial charge in [-0.3, -0.25) is 9.69 Å². The number of imidazole rings is 1. The summed E-state index contributed by atoms with van der Waals surface area (Å²) in [4.78, 5) is 23.4. The number of amides is 1. The molecule has 2 aromatic heterocycles. The summed E-state index contributed by atoms with van der Waals surface area (Å²) in [6.07, 6.45) is 6.02. The van der Waals surface area contributed by atoms with Crippen LogP contribution >= 0.6 is 0 Å². The molecule has 140 valence electrons. The molecule has 1 aliphatic heterocycles. The number of carbonyl (C=O) groups is 1. The van der Waals surface area contributed by atoms with Gasteiger partial charge in [0.05, 0.1) is 18.4 Å². The third-order valence-corrected chi connectivity index (χ3v) is 5.54. The fourth-order valence-electron chi connectivity index (χ4n) is 3.73. The minimum absolute atomic E-state index is 0.00554. The predicted molar refractivity (Wildman–Crippen MR) is 108 cm³/mol. The summed E-state index contributed by atoms with van der Waals surface area (Å²) >= 11 is 0. The van der Waals surface area contributed by atoms with Crippen molar-refractivity contribution >= 4 is 22.5 Å². The fraction of sp³-hybridized carbons (Fsp3) is 0.381. The van der Waals surface area contributed by atoms with Crippen LogP contribution in [-0.2, 0) is 11.8 Å². The Morgan fingerprint density at radius 3 is 2.78 bits per heavy atom. The highest BCUT2D eigenvalue weighted by atomic mass is 16.2. The number of anilines is 1. The predicted octanol–water partition coefficient (Wildman–Crippen LogP) is 3.37. The molecule has 0 saturated carbocycles. The Morgan fingerprint density at radius 1 is 1.22 bits per heavy atom. The van der Waals surface area contributed by atoms with E-state index in [1.807, 2.05) is 32.4 Å². The second-order valence-electron chi connectivity index (χ2n) is 7.39. The van der Waals surface area contributed by atoms with Gasteiger partial charge < -0.3 is 9.88 Å². The number of hydrogen-bond donors (Lipinski definition) is 1. The van der Waals surface area contributed by atoms with Gasteiger partial charge in [-0.1, -0.05) is 12.1 Å². The van der Waals surface area contributed by atoms with Crippen molar-refractivity contribution in [2.75, 3.05) is 18.4 Å². The van der Waals surface area contributed by atoms with Crippen LogP contribution in [0, 0.1) is 6.92 Å². The number of carbonyl (C=O) groups excluding carboxylic acids is 1. The molecule has 3 heterocycles. The Hall–Kier alpha value is -2.73. The molecular formula is C21H25N5O. The summed E-state index contributed by atoms with van der Waals surface area (Å²) in [7, 11) is 2.01. The molecule has 1 aromatic carbocycles. The molecule has 1 amide bonds. The first-order valence-corrected chi connectivity index (χ1v) is 9.43. The van der Waals surface area contributed by atoms with Crippen LogP contribution in [0.3, 0.4) is 0 Å². The van der Waals surface area contributed by atoms with Crippen LogP contribution in [0.25, 0.3) is 22.0 Å². The molecule has 0 radical (unpaired) electrons. The summed E-state index contributed by atoms with van der Waals surface area (Å²) in [6.45, 7) is 5.59. The van der Waals surface area contributed by atoms with E-state index in [1.165, 1.54) is 6.42 Å². The largest absolute Gasteiger partial charge is 0.331 e. The van der Waals surface area contributed by atoms with Gasteiger partial charge in [0.2, 0.25) is 5.91 Å². The second-order valence-corrected chi connectivity index (χ2v) is 7.39. The highest BCUT2D eigenvalue weighted by molar-refractivity contribution is 5.94. The lowest BCUT2D eigenvalue weighted by molar-refractivity contribution is -0.117. The van der Waals surface area contributed by atoms with Crippen molar-refractivity contribution in [2.24, 2.45) is 7.05 Å². The van der Waals surface area contributed by atoms with Gasteiger partial charge in [0.25, 0.3) is 0 Å².